The summed E-state index contributed by atoms with van der Waals surface area (Å²) in [6.45, 7) is 9.61. The number of carbonyl (C=O) groups excluding carboxylic acids is 2. The third-order valence-electron chi connectivity index (χ3n) is 7.20. The fourth-order valence-corrected chi connectivity index (χ4v) is 4.79. The van der Waals surface area contributed by atoms with Crippen LogP contribution < -0.4 is 15.4 Å². The van der Waals surface area contributed by atoms with Gasteiger partial charge in [-0.1, -0.05) is 12.1 Å². The number of hydrogen-bond acceptors (Lipinski definition) is 7. The van der Waals surface area contributed by atoms with E-state index in [0.29, 0.717) is 40.7 Å². The number of aromatic nitrogens is 1. The topological polar surface area (TPSA) is 120 Å². The van der Waals surface area contributed by atoms with Crippen LogP contribution in [0.1, 0.15) is 43.7 Å². The Hall–Kier alpha value is -3.11. The van der Waals surface area contributed by atoms with Crippen LogP contribution in [0.3, 0.4) is 0 Å². The van der Waals surface area contributed by atoms with Crippen LogP contribution in [0.2, 0.25) is 0 Å². The van der Waals surface area contributed by atoms with Gasteiger partial charge in [0.25, 0.3) is 0 Å². The molecule has 0 unspecified atom stereocenters. The average molecular weight is 514 g/mol. The highest BCUT2D eigenvalue weighted by molar-refractivity contribution is 6.00. The van der Waals surface area contributed by atoms with Gasteiger partial charge in [0.2, 0.25) is 5.91 Å². The van der Waals surface area contributed by atoms with Crippen molar-refractivity contribution in [3.8, 4) is 5.75 Å². The predicted octanol–water partition coefficient (Wildman–Crippen LogP) is 3.43. The summed E-state index contributed by atoms with van der Waals surface area (Å²) in [5.74, 6) is 1.90. The smallest absolute Gasteiger partial charge is 0.323 e. The number of nitrogens with zero attached hydrogens (tertiary/aromatic N) is 3. The molecular formula is C27H39N5O5. The highest BCUT2D eigenvalue weighted by Crippen LogP contribution is 2.31. The zero-order valence-electron chi connectivity index (χ0n) is 22.4. The highest BCUT2D eigenvalue weighted by atomic mass is 16.5. The first-order valence-corrected chi connectivity index (χ1v) is 13.0. The molecule has 3 amide bonds. The van der Waals surface area contributed by atoms with Gasteiger partial charge in [0.15, 0.2) is 5.76 Å². The second-order valence-electron chi connectivity index (χ2n) is 10.7. The molecule has 3 N–H and O–H groups in total. The van der Waals surface area contributed by atoms with Gasteiger partial charge in [-0.15, -0.1) is 0 Å². The number of anilines is 2. The third-order valence-corrected chi connectivity index (χ3v) is 7.20. The first-order valence-electron chi connectivity index (χ1n) is 13.0. The molecule has 0 saturated heterocycles. The van der Waals surface area contributed by atoms with Crippen LogP contribution in [0.4, 0.5) is 16.2 Å². The van der Waals surface area contributed by atoms with Crippen LogP contribution in [0, 0.1) is 25.7 Å². The van der Waals surface area contributed by atoms with E-state index >= 15 is 0 Å². The zero-order chi connectivity index (χ0) is 26.7. The second kappa shape index (κ2) is 11.5. The molecule has 1 fully saturated rings. The largest absolute Gasteiger partial charge is 0.488 e. The number of hydrogen-bond donors (Lipinski definition) is 3. The predicted molar refractivity (Wildman–Crippen MR) is 141 cm³/mol. The number of aliphatic hydroxyl groups excluding tert-OH is 1. The van der Waals surface area contributed by atoms with Gasteiger partial charge in [-0.2, -0.15) is 0 Å². The van der Waals surface area contributed by atoms with Crippen molar-refractivity contribution in [3.63, 3.8) is 0 Å². The van der Waals surface area contributed by atoms with E-state index in [1.165, 1.54) is 12.8 Å². The van der Waals surface area contributed by atoms with Crippen LogP contribution in [-0.4, -0.2) is 77.4 Å². The number of nitrogens with one attached hydrogen (secondary N) is 2. The van der Waals surface area contributed by atoms with E-state index in [-0.39, 0.29) is 37.0 Å². The lowest BCUT2D eigenvalue weighted by Crippen LogP contribution is -2.47. The van der Waals surface area contributed by atoms with E-state index < -0.39 is 6.03 Å². The molecule has 3 atom stereocenters. The highest BCUT2D eigenvalue weighted by Gasteiger charge is 2.32. The molecule has 2 aliphatic rings. The second-order valence-corrected chi connectivity index (χ2v) is 10.7. The van der Waals surface area contributed by atoms with Crippen molar-refractivity contribution in [1.29, 1.82) is 0 Å². The summed E-state index contributed by atoms with van der Waals surface area (Å²) < 4.78 is 11.7. The molecule has 1 aliphatic carbocycles. The van der Waals surface area contributed by atoms with E-state index in [1.54, 1.807) is 30.9 Å². The SMILES string of the molecule is Cc1noc(C)c1NC(=O)Nc1ccc2c(c1)CC(=O)N([C@@H](C)CO)C[C@H](C)[C@H](CN(C)CC1CC1)O2. The lowest BCUT2D eigenvalue weighted by molar-refractivity contribution is -0.134. The van der Waals surface area contributed by atoms with Gasteiger partial charge in [-0.05, 0) is 64.8 Å². The minimum absolute atomic E-state index is 0.0594. The molecule has 2 aromatic rings. The molecule has 2 heterocycles. The molecule has 10 heteroatoms. The van der Waals surface area contributed by atoms with Crippen LogP contribution >= 0.6 is 0 Å². The number of carbonyl (C=O) groups is 2. The summed E-state index contributed by atoms with van der Waals surface area (Å²) in [6.07, 6.45) is 2.54. The number of amides is 3. The number of ether oxygens (including phenoxy) is 1. The van der Waals surface area contributed by atoms with E-state index in [0.717, 1.165) is 19.0 Å². The first kappa shape index (κ1) is 26.9. The number of urea groups is 1. The minimum atomic E-state index is -0.437. The Bertz CT molecular complexity index is 1100. The monoisotopic (exact) mass is 513 g/mol. The molecule has 0 bridgehead atoms. The van der Waals surface area contributed by atoms with Crippen LogP contribution in [0.25, 0.3) is 0 Å². The van der Waals surface area contributed by atoms with Gasteiger partial charge in [-0.25, -0.2) is 4.79 Å². The number of aryl methyl sites for hydroxylation is 2. The fraction of sp³-hybridized carbons (Fsp3) is 0.593. The molecule has 0 spiro atoms. The summed E-state index contributed by atoms with van der Waals surface area (Å²) in [5, 5.41) is 19.3. The molecular weight excluding hydrogens is 474 g/mol. The van der Waals surface area contributed by atoms with Gasteiger partial charge in [-0.3, -0.25) is 4.79 Å². The van der Waals surface area contributed by atoms with E-state index in [1.807, 2.05) is 13.0 Å². The van der Waals surface area contributed by atoms with Crippen molar-refractivity contribution in [2.45, 2.75) is 59.1 Å². The maximum atomic E-state index is 13.4. The number of aliphatic hydroxyl groups is 1. The van der Waals surface area contributed by atoms with Crippen molar-refractivity contribution in [2.75, 3.05) is 43.9 Å². The van der Waals surface area contributed by atoms with Gasteiger partial charge in [0.1, 0.15) is 23.2 Å². The average Bonchev–Trinajstić information content (AvgIpc) is 3.61. The van der Waals surface area contributed by atoms with Crippen molar-refractivity contribution < 1.29 is 24.0 Å². The molecule has 202 valence electrons. The van der Waals surface area contributed by atoms with Gasteiger partial charge in [0.05, 0.1) is 19.1 Å². The lowest BCUT2D eigenvalue weighted by atomic mass is 10.0. The number of likely N-dealkylation sites (N-methyl/N-ethyl adjacent to an activating group) is 1. The molecule has 0 radical (unpaired) electrons. The Morgan fingerprint density at radius 2 is 2.03 bits per heavy atom. The quantitative estimate of drug-likeness (QED) is 0.495. The third kappa shape index (κ3) is 6.81. The van der Waals surface area contributed by atoms with E-state index in [4.69, 9.17) is 9.26 Å². The molecule has 1 aromatic carbocycles. The summed E-state index contributed by atoms with van der Waals surface area (Å²) in [6, 6.07) is 4.64. The number of rotatable bonds is 8. The minimum Gasteiger partial charge on any atom is -0.488 e. The van der Waals surface area contributed by atoms with Gasteiger partial charge < -0.3 is 34.8 Å². The number of fused-ring (bicyclic) bond motifs is 1. The summed E-state index contributed by atoms with van der Waals surface area (Å²) in [7, 11) is 2.12. The zero-order valence-corrected chi connectivity index (χ0v) is 22.4. The van der Waals surface area contributed by atoms with Crippen molar-refractivity contribution in [2.24, 2.45) is 11.8 Å². The Kier molecular flexibility index (Phi) is 8.39. The maximum Gasteiger partial charge on any atom is 0.323 e. The van der Waals surface area contributed by atoms with Crippen LogP contribution in [-0.2, 0) is 11.2 Å². The normalized spacial score (nSPS) is 20.9. The van der Waals surface area contributed by atoms with E-state index in [2.05, 4.69) is 34.7 Å². The summed E-state index contributed by atoms with van der Waals surface area (Å²) >= 11 is 0. The Balaban J connectivity index is 1.56. The molecule has 10 nitrogen and oxygen atoms in total. The van der Waals surface area contributed by atoms with Crippen molar-refractivity contribution in [3.05, 3.63) is 35.2 Å². The van der Waals surface area contributed by atoms with Crippen LogP contribution in [0.5, 0.6) is 5.75 Å². The van der Waals surface area contributed by atoms with E-state index in [9.17, 15) is 14.7 Å². The Morgan fingerprint density at radius 1 is 1.27 bits per heavy atom. The molecule has 37 heavy (non-hydrogen) atoms. The standard InChI is InChI=1S/C27H39N5O5/c1-16-12-32(17(2)15-33)25(34)11-21-10-22(28-27(35)29-26-18(3)30-37-19(26)4)8-9-23(21)36-24(16)14-31(5)13-20-6-7-20/h8-10,16-17,20,24,33H,6-7,11-15H2,1-5H3,(H2,28,29,35)/t16-,17-,24-/m0/s1. The Labute approximate surface area is 218 Å². The molecule has 1 aromatic heterocycles. The maximum absolute atomic E-state index is 13.4. The van der Waals surface area contributed by atoms with Gasteiger partial charge in [0, 0.05) is 36.8 Å². The molecule has 4 rings (SSSR count). The number of benzene rings is 1. The summed E-state index contributed by atoms with van der Waals surface area (Å²) in [4.78, 5) is 30.1. The molecule has 1 aliphatic heterocycles. The Morgan fingerprint density at radius 3 is 2.68 bits per heavy atom. The van der Waals surface area contributed by atoms with Crippen molar-refractivity contribution in [1.82, 2.24) is 15.0 Å². The summed E-state index contributed by atoms with van der Waals surface area (Å²) in [5.41, 5.74) is 2.35. The van der Waals surface area contributed by atoms with Crippen molar-refractivity contribution >= 4 is 23.3 Å². The fourth-order valence-electron chi connectivity index (χ4n) is 4.79. The van der Waals surface area contributed by atoms with Crippen LogP contribution in [0.15, 0.2) is 22.7 Å². The lowest BCUT2D eigenvalue weighted by Gasteiger charge is -2.34. The first-order chi connectivity index (χ1) is 17.6. The van der Waals surface area contributed by atoms with Gasteiger partial charge >= 0.3 is 6.03 Å². The molecule has 1 saturated carbocycles.